The van der Waals surface area contributed by atoms with E-state index in [1.807, 2.05) is 18.0 Å². The first-order chi connectivity index (χ1) is 11.6. The van der Waals surface area contributed by atoms with E-state index in [9.17, 15) is 9.18 Å². The molecule has 0 atom stereocenters. The quantitative estimate of drug-likeness (QED) is 0.742. The van der Waals surface area contributed by atoms with Crippen LogP contribution in [0.2, 0.25) is 0 Å². The maximum absolute atomic E-state index is 13.7. The van der Waals surface area contributed by atoms with Crippen LogP contribution in [-0.2, 0) is 11.3 Å². The van der Waals surface area contributed by atoms with E-state index in [1.165, 1.54) is 44.4 Å². The highest BCUT2D eigenvalue weighted by Gasteiger charge is 2.10. The number of hydrogen-bond donors (Lipinski definition) is 1. The molecule has 2 rings (SSSR count). The normalized spacial score (nSPS) is 14.4. The second-order valence-corrected chi connectivity index (χ2v) is 6.35. The van der Waals surface area contributed by atoms with Crippen molar-refractivity contribution in [2.24, 2.45) is 0 Å². The number of carbonyl (C=O) groups is 1. The molecule has 1 N–H and O–H groups in total. The first-order valence-corrected chi connectivity index (χ1v) is 8.54. The lowest BCUT2D eigenvalue weighted by molar-refractivity contribution is -0.122. The number of likely N-dealkylation sites (N-methyl/N-ethyl adjacent to an activating group) is 1. The Kier molecular flexibility index (Phi) is 7.25. The topological polar surface area (TPSA) is 41.6 Å². The van der Waals surface area contributed by atoms with Gasteiger partial charge in [0.05, 0.1) is 13.7 Å². The van der Waals surface area contributed by atoms with Crippen molar-refractivity contribution in [3.63, 3.8) is 0 Å². The third-order valence-corrected chi connectivity index (χ3v) is 4.24. The molecule has 1 aliphatic rings. The van der Waals surface area contributed by atoms with Gasteiger partial charge in [-0.2, -0.15) is 0 Å². The highest BCUT2D eigenvalue weighted by molar-refractivity contribution is 5.77. The zero-order valence-electron chi connectivity index (χ0n) is 14.6. The van der Waals surface area contributed by atoms with Gasteiger partial charge < -0.3 is 10.1 Å². The summed E-state index contributed by atoms with van der Waals surface area (Å²) in [6.07, 6.45) is 8.13. The zero-order valence-corrected chi connectivity index (χ0v) is 14.6. The van der Waals surface area contributed by atoms with Gasteiger partial charge in [0.25, 0.3) is 0 Å². The molecular formula is C19H27FN2O2. The molecule has 0 bridgehead atoms. The number of allylic oxidation sites excluding steroid dienone is 1. The number of rotatable bonds is 8. The average molecular weight is 334 g/mol. The summed E-state index contributed by atoms with van der Waals surface area (Å²) in [5.74, 6) is -0.146. The van der Waals surface area contributed by atoms with Crippen LogP contribution in [0.15, 0.2) is 29.8 Å². The van der Waals surface area contributed by atoms with Crippen LogP contribution in [0.1, 0.15) is 37.7 Å². The van der Waals surface area contributed by atoms with Gasteiger partial charge in [0.1, 0.15) is 0 Å². The maximum atomic E-state index is 13.7. The lowest BCUT2D eigenvalue weighted by atomic mass is 9.97. The van der Waals surface area contributed by atoms with Crippen LogP contribution in [0.3, 0.4) is 0 Å². The summed E-state index contributed by atoms with van der Waals surface area (Å²) in [5.41, 5.74) is 2.28. The molecule has 5 heteroatoms. The number of nitrogens with zero attached hydrogens (tertiary/aromatic N) is 1. The number of halogens is 1. The second kappa shape index (κ2) is 9.42. The van der Waals surface area contributed by atoms with Gasteiger partial charge in [-0.1, -0.05) is 17.7 Å². The van der Waals surface area contributed by atoms with E-state index in [-0.39, 0.29) is 17.5 Å². The van der Waals surface area contributed by atoms with Crippen molar-refractivity contribution in [2.75, 3.05) is 27.2 Å². The molecule has 0 saturated carbocycles. The van der Waals surface area contributed by atoms with Gasteiger partial charge in [-0.05, 0) is 56.8 Å². The number of carbonyl (C=O) groups excluding carboxylic acids is 1. The Bertz CT molecular complexity index is 587. The van der Waals surface area contributed by atoms with E-state index in [4.69, 9.17) is 4.74 Å². The summed E-state index contributed by atoms with van der Waals surface area (Å²) in [5, 5.41) is 2.96. The minimum atomic E-state index is -0.381. The van der Waals surface area contributed by atoms with Crippen LogP contribution in [0.25, 0.3) is 0 Å². The van der Waals surface area contributed by atoms with Crippen molar-refractivity contribution < 1.29 is 13.9 Å². The standard InChI is InChI=1S/C19H27FN2O2/c1-22(13-16-8-9-18(24-2)17(20)12-16)14-19(23)21-11-10-15-6-4-3-5-7-15/h6,8-9,12H,3-5,7,10-11,13-14H2,1-2H3,(H,21,23). The molecule has 0 unspecified atom stereocenters. The Balaban J connectivity index is 1.71. The fourth-order valence-electron chi connectivity index (χ4n) is 2.97. The minimum absolute atomic E-state index is 0.00268. The van der Waals surface area contributed by atoms with Gasteiger partial charge in [0.15, 0.2) is 11.6 Å². The SMILES string of the molecule is COc1ccc(CN(C)CC(=O)NCCC2=CCCCC2)cc1F. The minimum Gasteiger partial charge on any atom is -0.494 e. The van der Waals surface area contributed by atoms with Gasteiger partial charge in [-0.15, -0.1) is 0 Å². The van der Waals surface area contributed by atoms with Gasteiger partial charge in [0.2, 0.25) is 5.91 Å². The molecule has 0 aromatic heterocycles. The molecule has 0 fully saturated rings. The smallest absolute Gasteiger partial charge is 0.234 e. The molecule has 1 aliphatic carbocycles. The van der Waals surface area contributed by atoms with E-state index < -0.39 is 0 Å². The molecule has 0 heterocycles. The van der Waals surface area contributed by atoms with Gasteiger partial charge in [0, 0.05) is 13.1 Å². The monoisotopic (exact) mass is 334 g/mol. The van der Waals surface area contributed by atoms with E-state index in [0.717, 1.165) is 12.0 Å². The van der Waals surface area contributed by atoms with Crippen LogP contribution in [0, 0.1) is 5.82 Å². The zero-order chi connectivity index (χ0) is 17.4. The van der Waals surface area contributed by atoms with Crippen molar-refractivity contribution in [3.05, 3.63) is 41.2 Å². The fourth-order valence-corrected chi connectivity index (χ4v) is 2.97. The van der Waals surface area contributed by atoms with E-state index >= 15 is 0 Å². The van der Waals surface area contributed by atoms with E-state index in [1.54, 1.807) is 6.07 Å². The van der Waals surface area contributed by atoms with Gasteiger partial charge in [-0.3, -0.25) is 9.69 Å². The van der Waals surface area contributed by atoms with Crippen molar-refractivity contribution in [2.45, 2.75) is 38.6 Å². The molecule has 1 aromatic carbocycles. The second-order valence-electron chi connectivity index (χ2n) is 6.35. The molecule has 1 amide bonds. The highest BCUT2D eigenvalue weighted by atomic mass is 19.1. The maximum Gasteiger partial charge on any atom is 0.234 e. The summed E-state index contributed by atoms with van der Waals surface area (Å²) in [6, 6.07) is 4.87. The van der Waals surface area contributed by atoms with Crippen LogP contribution >= 0.6 is 0 Å². The van der Waals surface area contributed by atoms with Crippen molar-refractivity contribution in [1.29, 1.82) is 0 Å². The number of hydrogen-bond acceptors (Lipinski definition) is 3. The molecule has 132 valence electrons. The molecule has 0 spiro atoms. The fraction of sp³-hybridized carbons (Fsp3) is 0.526. The first-order valence-electron chi connectivity index (χ1n) is 8.54. The van der Waals surface area contributed by atoms with Crippen molar-refractivity contribution in [1.82, 2.24) is 10.2 Å². The molecule has 1 aromatic rings. The summed E-state index contributed by atoms with van der Waals surface area (Å²) in [6.45, 7) is 1.50. The van der Waals surface area contributed by atoms with Crippen molar-refractivity contribution >= 4 is 5.91 Å². The Morgan fingerprint density at radius 1 is 1.38 bits per heavy atom. The van der Waals surface area contributed by atoms with Crippen LogP contribution in [-0.4, -0.2) is 38.1 Å². The molecular weight excluding hydrogens is 307 g/mol. The summed E-state index contributed by atoms with van der Waals surface area (Å²) >= 11 is 0. The Morgan fingerprint density at radius 3 is 2.88 bits per heavy atom. The molecule has 0 aliphatic heterocycles. The number of benzene rings is 1. The van der Waals surface area contributed by atoms with E-state index in [0.29, 0.717) is 19.6 Å². The van der Waals surface area contributed by atoms with Crippen LogP contribution in [0.5, 0.6) is 5.75 Å². The summed E-state index contributed by atoms with van der Waals surface area (Å²) < 4.78 is 18.6. The Morgan fingerprint density at radius 2 is 2.21 bits per heavy atom. The predicted molar refractivity (Wildman–Crippen MR) is 93.5 cm³/mol. The van der Waals surface area contributed by atoms with Crippen molar-refractivity contribution in [3.8, 4) is 5.75 Å². The molecule has 4 nitrogen and oxygen atoms in total. The van der Waals surface area contributed by atoms with Crippen LogP contribution < -0.4 is 10.1 Å². The third kappa shape index (κ3) is 5.96. The van der Waals surface area contributed by atoms with E-state index in [2.05, 4.69) is 11.4 Å². The summed E-state index contributed by atoms with van der Waals surface area (Å²) in [7, 11) is 3.29. The number of ether oxygens (including phenoxy) is 1. The lowest BCUT2D eigenvalue weighted by Gasteiger charge is -2.17. The van der Waals surface area contributed by atoms with Crippen LogP contribution in [0.4, 0.5) is 4.39 Å². The number of methoxy groups -OCH3 is 1. The average Bonchev–Trinajstić information content (AvgIpc) is 2.56. The Labute approximate surface area is 143 Å². The highest BCUT2D eigenvalue weighted by Crippen LogP contribution is 2.19. The lowest BCUT2D eigenvalue weighted by Crippen LogP contribution is -2.35. The Hall–Kier alpha value is -1.88. The molecule has 0 radical (unpaired) electrons. The van der Waals surface area contributed by atoms with Gasteiger partial charge >= 0.3 is 0 Å². The largest absolute Gasteiger partial charge is 0.494 e. The first kappa shape index (κ1) is 18.5. The number of amides is 1. The molecule has 0 saturated heterocycles. The molecule has 24 heavy (non-hydrogen) atoms. The number of nitrogens with one attached hydrogen (secondary N) is 1. The predicted octanol–water partition coefficient (Wildman–Crippen LogP) is 3.27. The summed E-state index contributed by atoms with van der Waals surface area (Å²) in [4.78, 5) is 13.9. The third-order valence-electron chi connectivity index (χ3n) is 4.24. The van der Waals surface area contributed by atoms with Gasteiger partial charge in [-0.25, -0.2) is 4.39 Å².